The van der Waals surface area contributed by atoms with Crippen LogP contribution in [0.3, 0.4) is 0 Å². The van der Waals surface area contributed by atoms with Crippen molar-refractivity contribution in [3.05, 3.63) is 29.8 Å². The number of nitrogens with two attached hydrogens (primary N) is 1. The van der Waals surface area contributed by atoms with Crippen molar-refractivity contribution in [3.8, 4) is 6.07 Å². The first-order chi connectivity index (χ1) is 8.54. The highest BCUT2D eigenvalue weighted by Gasteiger charge is 2.33. The van der Waals surface area contributed by atoms with E-state index in [2.05, 4.69) is 49.2 Å². The molecule has 0 aromatic heterocycles. The van der Waals surface area contributed by atoms with Crippen LogP contribution < -0.4 is 10.6 Å². The molecule has 1 saturated carbocycles. The molecule has 2 N–H and O–H groups in total. The van der Waals surface area contributed by atoms with Crippen LogP contribution in [-0.2, 0) is 0 Å². The Morgan fingerprint density at radius 3 is 2.61 bits per heavy atom. The van der Waals surface area contributed by atoms with E-state index in [0.29, 0.717) is 6.04 Å². The van der Waals surface area contributed by atoms with Gasteiger partial charge in [0, 0.05) is 18.8 Å². The van der Waals surface area contributed by atoms with Gasteiger partial charge in [0.15, 0.2) is 0 Å². The summed E-state index contributed by atoms with van der Waals surface area (Å²) in [5.41, 5.74) is 7.94. The quantitative estimate of drug-likeness (QED) is 0.868. The predicted molar refractivity (Wildman–Crippen MR) is 74.4 cm³/mol. The fraction of sp³-hybridized carbons (Fsp3) is 0.533. The lowest BCUT2D eigenvalue weighted by Crippen LogP contribution is -2.46. The molecule has 0 saturated heterocycles. The van der Waals surface area contributed by atoms with Crippen molar-refractivity contribution in [1.82, 2.24) is 0 Å². The van der Waals surface area contributed by atoms with Crippen LogP contribution in [0.5, 0.6) is 0 Å². The molecule has 0 heterocycles. The van der Waals surface area contributed by atoms with Crippen LogP contribution in [-0.4, -0.2) is 18.6 Å². The van der Waals surface area contributed by atoms with Gasteiger partial charge in [-0.1, -0.05) is 12.1 Å². The molecular formula is C15H21N3. The number of rotatable bonds is 2. The zero-order valence-electron chi connectivity index (χ0n) is 11.2. The van der Waals surface area contributed by atoms with Crippen molar-refractivity contribution < 1.29 is 0 Å². The molecule has 0 spiro atoms. The van der Waals surface area contributed by atoms with E-state index in [1.807, 2.05) is 0 Å². The maximum atomic E-state index is 9.04. The Bertz CT molecular complexity index is 453. The summed E-state index contributed by atoms with van der Waals surface area (Å²) in [6.45, 7) is 2.11. The Balaban J connectivity index is 2.04. The van der Waals surface area contributed by atoms with Gasteiger partial charge in [0.25, 0.3) is 0 Å². The third-order valence-electron chi connectivity index (χ3n) is 4.03. The lowest BCUT2D eigenvalue weighted by atomic mass is 9.80. The molecule has 1 aromatic carbocycles. The van der Waals surface area contributed by atoms with Gasteiger partial charge in [-0.2, -0.15) is 5.26 Å². The van der Waals surface area contributed by atoms with Crippen LogP contribution in [0, 0.1) is 18.3 Å². The monoisotopic (exact) mass is 243 g/mol. The van der Waals surface area contributed by atoms with E-state index in [-0.39, 0.29) is 0 Å². The molecule has 3 nitrogen and oxygen atoms in total. The Hall–Kier alpha value is -1.53. The summed E-state index contributed by atoms with van der Waals surface area (Å²) in [5, 5.41) is 9.04. The highest BCUT2D eigenvalue weighted by Crippen LogP contribution is 2.30. The second-order valence-electron chi connectivity index (χ2n) is 5.45. The lowest BCUT2D eigenvalue weighted by Gasteiger charge is -2.38. The van der Waals surface area contributed by atoms with Crippen molar-refractivity contribution in [3.63, 3.8) is 0 Å². The normalized spacial score (nSPS) is 27.6. The molecule has 0 aliphatic heterocycles. The third-order valence-corrected chi connectivity index (χ3v) is 4.03. The zero-order valence-corrected chi connectivity index (χ0v) is 11.2. The molecule has 3 heteroatoms. The summed E-state index contributed by atoms with van der Waals surface area (Å²) in [4.78, 5) is 2.32. The Morgan fingerprint density at radius 2 is 2.06 bits per heavy atom. The number of hydrogen-bond acceptors (Lipinski definition) is 3. The minimum atomic E-state index is -0.593. The first-order valence-electron chi connectivity index (χ1n) is 6.54. The Labute approximate surface area is 109 Å². The van der Waals surface area contributed by atoms with Crippen LogP contribution in [0.25, 0.3) is 0 Å². The van der Waals surface area contributed by atoms with Gasteiger partial charge in [0.1, 0.15) is 5.54 Å². The zero-order chi connectivity index (χ0) is 13.2. The predicted octanol–water partition coefficient (Wildman–Crippen LogP) is 2.59. The van der Waals surface area contributed by atoms with Crippen LogP contribution in [0.2, 0.25) is 0 Å². The summed E-state index contributed by atoms with van der Waals surface area (Å²) in [5.74, 6) is 0. The average Bonchev–Trinajstić information content (AvgIpc) is 2.39. The van der Waals surface area contributed by atoms with Crippen molar-refractivity contribution in [2.75, 3.05) is 11.9 Å². The number of hydrogen-bond donors (Lipinski definition) is 1. The molecule has 1 fully saturated rings. The molecule has 0 unspecified atom stereocenters. The topological polar surface area (TPSA) is 53.0 Å². The van der Waals surface area contributed by atoms with Crippen LogP contribution in [0.15, 0.2) is 24.3 Å². The summed E-state index contributed by atoms with van der Waals surface area (Å²) in [6.07, 6.45) is 3.58. The number of anilines is 1. The molecular weight excluding hydrogens is 222 g/mol. The number of aryl methyl sites for hydroxylation is 1. The van der Waals surface area contributed by atoms with Crippen molar-refractivity contribution >= 4 is 5.69 Å². The first-order valence-corrected chi connectivity index (χ1v) is 6.54. The molecule has 0 atom stereocenters. The molecule has 96 valence electrons. The van der Waals surface area contributed by atoms with Gasteiger partial charge < -0.3 is 10.6 Å². The van der Waals surface area contributed by atoms with Gasteiger partial charge in [0.05, 0.1) is 6.07 Å². The summed E-state index contributed by atoms with van der Waals surface area (Å²) in [7, 11) is 2.13. The molecule has 0 bridgehead atoms. The number of benzene rings is 1. The lowest BCUT2D eigenvalue weighted by molar-refractivity contribution is 0.327. The minimum Gasteiger partial charge on any atom is -0.372 e. The van der Waals surface area contributed by atoms with Crippen LogP contribution >= 0.6 is 0 Å². The largest absolute Gasteiger partial charge is 0.372 e. The van der Waals surface area contributed by atoms with E-state index >= 15 is 0 Å². The summed E-state index contributed by atoms with van der Waals surface area (Å²) < 4.78 is 0. The van der Waals surface area contributed by atoms with E-state index in [9.17, 15) is 0 Å². The average molecular weight is 243 g/mol. The van der Waals surface area contributed by atoms with E-state index in [4.69, 9.17) is 11.0 Å². The number of nitrogens with zero attached hydrogens (tertiary/aromatic N) is 2. The molecule has 18 heavy (non-hydrogen) atoms. The molecule has 2 rings (SSSR count). The van der Waals surface area contributed by atoms with Gasteiger partial charge in [0.2, 0.25) is 0 Å². The van der Waals surface area contributed by atoms with Crippen molar-refractivity contribution in [2.24, 2.45) is 5.73 Å². The molecule has 1 aliphatic carbocycles. The maximum Gasteiger partial charge on any atom is 0.104 e. The maximum absolute atomic E-state index is 9.04. The molecule has 0 amide bonds. The first kappa shape index (κ1) is 12.9. The molecule has 1 aliphatic rings. The third kappa shape index (κ3) is 2.65. The highest BCUT2D eigenvalue weighted by molar-refractivity contribution is 5.48. The van der Waals surface area contributed by atoms with Gasteiger partial charge in [-0.3, -0.25) is 0 Å². The smallest absolute Gasteiger partial charge is 0.104 e. The van der Waals surface area contributed by atoms with Crippen molar-refractivity contribution in [2.45, 2.75) is 44.2 Å². The summed E-state index contributed by atoms with van der Waals surface area (Å²) in [6, 6.07) is 11.3. The minimum absolute atomic E-state index is 0.497. The van der Waals surface area contributed by atoms with Gasteiger partial charge >= 0.3 is 0 Å². The fourth-order valence-electron chi connectivity index (χ4n) is 2.67. The van der Waals surface area contributed by atoms with E-state index in [0.717, 1.165) is 25.7 Å². The van der Waals surface area contributed by atoms with E-state index < -0.39 is 5.54 Å². The van der Waals surface area contributed by atoms with Gasteiger partial charge in [-0.25, -0.2) is 0 Å². The highest BCUT2D eigenvalue weighted by atomic mass is 15.1. The van der Waals surface area contributed by atoms with Crippen LogP contribution in [0.1, 0.15) is 31.2 Å². The van der Waals surface area contributed by atoms with E-state index in [1.165, 1.54) is 11.3 Å². The van der Waals surface area contributed by atoms with Crippen molar-refractivity contribution in [1.29, 1.82) is 5.26 Å². The van der Waals surface area contributed by atoms with Gasteiger partial charge in [-0.15, -0.1) is 0 Å². The van der Waals surface area contributed by atoms with Gasteiger partial charge in [-0.05, 0) is 50.3 Å². The van der Waals surface area contributed by atoms with E-state index in [1.54, 1.807) is 0 Å². The second kappa shape index (κ2) is 4.99. The molecule has 1 aromatic rings. The fourth-order valence-corrected chi connectivity index (χ4v) is 2.67. The van der Waals surface area contributed by atoms with Crippen LogP contribution in [0.4, 0.5) is 5.69 Å². The number of nitriles is 1. The second-order valence-corrected chi connectivity index (χ2v) is 5.45. The molecule has 0 radical (unpaired) electrons. The Kier molecular flexibility index (Phi) is 3.58. The Morgan fingerprint density at radius 1 is 1.39 bits per heavy atom. The SMILES string of the molecule is Cc1cccc(N(C)C2CCC(N)(C#N)CC2)c1. The summed E-state index contributed by atoms with van der Waals surface area (Å²) >= 11 is 0. The standard InChI is InChI=1S/C15H21N3/c1-12-4-3-5-14(10-12)18(2)13-6-8-15(17,11-16)9-7-13/h3-5,10,13H,6-9,17H2,1-2H3.